The van der Waals surface area contributed by atoms with Crippen molar-refractivity contribution in [2.24, 2.45) is 0 Å². The Balaban J connectivity index is 1.76. The summed E-state index contributed by atoms with van der Waals surface area (Å²) in [5, 5.41) is 4.01. The van der Waals surface area contributed by atoms with E-state index in [1.165, 1.54) is 0 Å². The molecule has 1 aliphatic rings. The molecule has 1 aromatic carbocycles. The van der Waals surface area contributed by atoms with Crippen LogP contribution in [-0.2, 0) is 16.0 Å². The van der Waals surface area contributed by atoms with Gasteiger partial charge in [-0.25, -0.2) is 0 Å². The summed E-state index contributed by atoms with van der Waals surface area (Å²) in [4.78, 5) is 27.6. The summed E-state index contributed by atoms with van der Waals surface area (Å²) in [7, 11) is 3.52. The molecule has 0 atom stereocenters. The van der Waals surface area contributed by atoms with Gasteiger partial charge in [0.25, 0.3) is 0 Å². The van der Waals surface area contributed by atoms with Gasteiger partial charge in [0.05, 0.1) is 23.0 Å². The second-order valence-corrected chi connectivity index (χ2v) is 7.15. The summed E-state index contributed by atoms with van der Waals surface area (Å²) in [6, 6.07) is 5.39. The fourth-order valence-corrected chi connectivity index (χ4v) is 3.00. The van der Waals surface area contributed by atoms with E-state index in [0.29, 0.717) is 16.6 Å². The minimum Gasteiger partial charge on any atom is -0.353 e. The van der Waals surface area contributed by atoms with Crippen LogP contribution >= 0.6 is 23.2 Å². The van der Waals surface area contributed by atoms with E-state index in [9.17, 15) is 9.59 Å². The van der Waals surface area contributed by atoms with E-state index in [0.717, 1.165) is 31.5 Å². The number of carbonyl (C=O) groups excluding carboxylic acids is 2. The molecule has 1 heterocycles. The number of carbonyl (C=O) groups is 2. The molecule has 1 fully saturated rings. The number of hydrogen-bond donors (Lipinski definition) is 1. The third-order valence-electron chi connectivity index (χ3n) is 4.16. The van der Waals surface area contributed by atoms with Gasteiger partial charge >= 0.3 is 0 Å². The van der Waals surface area contributed by atoms with Crippen molar-refractivity contribution in [1.29, 1.82) is 0 Å². The molecule has 0 unspecified atom stereocenters. The van der Waals surface area contributed by atoms with Gasteiger partial charge < -0.3 is 10.2 Å². The van der Waals surface area contributed by atoms with Crippen molar-refractivity contribution in [2.45, 2.75) is 25.3 Å². The van der Waals surface area contributed by atoms with E-state index in [-0.39, 0.29) is 24.3 Å². The molecule has 24 heavy (non-hydrogen) atoms. The standard InChI is InChI=1S/C17H23Cl2N3O2/c1-21(2)17(24)11-22-7-5-13(6-8-22)20-16(23)10-12-3-4-14(18)15(19)9-12/h3-4,9,13H,5-8,10-11H2,1-2H3,(H,20,23). The summed E-state index contributed by atoms with van der Waals surface area (Å²) in [5.74, 6) is 0.0910. The number of rotatable bonds is 5. The molecule has 5 nitrogen and oxygen atoms in total. The summed E-state index contributed by atoms with van der Waals surface area (Å²) in [5.41, 5.74) is 0.843. The van der Waals surface area contributed by atoms with Crippen molar-refractivity contribution >= 4 is 35.0 Å². The van der Waals surface area contributed by atoms with Crippen LogP contribution in [0.1, 0.15) is 18.4 Å². The second kappa shape index (κ2) is 8.70. The van der Waals surface area contributed by atoms with Crippen molar-refractivity contribution in [2.75, 3.05) is 33.7 Å². The van der Waals surface area contributed by atoms with E-state index >= 15 is 0 Å². The normalized spacial score (nSPS) is 16.0. The van der Waals surface area contributed by atoms with Crippen LogP contribution < -0.4 is 5.32 Å². The van der Waals surface area contributed by atoms with Crippen LogP contribution in [0, 0.1) is 0 Å². The summed E-state index contributed by atoms with van der Waals surface area (Å²) < 4.78 is 0. The van der Waals surface area contributed by atoms with E-state index in [1.54, 1.807) is 31.1 Å². The average Bonchev–Trinajstić information content (AvgIpc) is 2.52. The predicted molar refractivity (Wildman–Crippen MR) is 96.5 cm³/mol. The number of halogens is 2. The van der Waals surface area contributed by atoms with E-state index in [1.807, 2.05) is 6.07 Å². The molecule has 1 N–H and O–H groups in total. The summed E-state index contributed by atoms with van der Waals surface area (Å²) >= 11 is 11.8. The fourth-order valence-electron chi connectivity index (χ4n) is 2.68. The Kier molecular flexibility index (Phi) is 6.90. The van der Waals surface area contributed by atoms with Crippen LogP contribution in [0.25, 0.3) is 0 Å². The van der Waals surface area contributed by atoms with Crippen LogP contribution in [0.2, 0.25) is 10.0 Å². The number of hydrogen-bond acceptors (Lipinski definition) is 3. The van der Waals surface area contributed by atoms with Crippen LogP contribution in [0.4, 0.5) is 0 Å². The molecule has 1 aliphatic heterocycles. The smallest absolute Gasteiger partial charge is 0.236 e. The van der Waals surface area contributed by atoms with Crippen molar-refractivity contribution in [3.05, 3.63) is 33.8 Å². The van der Waals surface area contributed by atoms with Crippen LogP contribution in [-0.4, -0.2) is 61.4 Å². The number of likely N-dealkylation sites (N-methyl/N-ethyl adjacent to an activating group) is 1. The van der Waals surface area contributed by atoms with Gasteiger partial charge in [0.15, 0.2) is 0 Å². The summed E-state index contributed by atoms with van der Waals surface area (Å²) in [6.45, 7) is 2.07. The number of benzene rings is 1. The van der Waals surface area contributed by atoms with E-state index in [4.69, 9.17) is 23.2 Å². The zero-order valence-electron chi connectivity index (χ0n) is 14.0. The Morgan fingerprint density at radius 3 is 2.46 bits per heavy atom. The minimum absolute atomic E-state index is 0.0174. The molecule has 0 radical (unpaired) electrons. The fraction of sp³-hybridized carbons (Fsp3) is 0.529. The van der Waals surface area contributed by atoms with Crippen molar-refractivity contribution in [3.63, 3.8) is 0 Å². The molecular formula is C17H23Cl2N3O2. The molecule has 0 saturated carbocycles. The third-order valence-corrected chi connectivity index (χ3v) is 4.90. The number of nitrogens with one attached hydrogen (secondary N) is 1. The second-order valence-electron chi connectivity index (χ2n) is 6.33. The van der Waals surface area contributed by atoms with Crippen LogP contribution in [0.3, 0.4) is 0 Å². The van der Waals surface area contributed by atoms with Gasteiger partial charge in [0, 0.05) is 33.2 Å². The molecule has 0 aromatic heterocycles. The molecule has 0 bridgehead atoms. The lowest BCUT2D eigenvalue weighted by molar-refractivity contribution is -0.130. The van der Waals surface area contributed by atoms with Gasteiger partial charge in [0.2, 0.25) is 11.8 Å². The maximum Gasteiger partial charge on any atom is 0.236 e. The summed E-state index contributed by atoms with van der Waals surface area (Å²) in [6.07, 6.45) is 2.00. The highest BCUT2D eigenvalue weighted by Crippen LogP contribution is 2.22. The molecule has 1 saturated heterocycles. The maximum absolute atomic E-state index is 12.2. The van der Waals surface area contributed by atoms with Crippen LogP contribution in [0.5, 0.6) is 0 Å². The van der Waals surface area contributed by atoms with Gasteiger partial charge in [-0.2, -0.15) is 0 Å². The Morgan fingerprint density at radius 1 is 1.21 bits per heavy atom. The zero-order valence-corrected chi connectivity index (χ0v) is 15.5. The van der Waals surface area contributed by atoms with Gasteiger partial charge in [0.1, 0.15) is 0 Å². The van der Waals surface area contributed by atoms with Gasteiger partial charge in [-0.1, -0.05) is 29.3 Å². The number of amides is 2. The Bertz CT molecular complexity index is 599. The van der Waals surface area contributed by atoms with Gasteiger partial charge in [-0.3, -0.25) is 14.5 Å². The first-order valence-electron chi connectivity index (χ1n) is 8.01. The van der Waals surface area contributed by atoms with Crippen molar-refractivity contribution in [1.82, 2.24) is 15.1 Å². The van der Waals surface area contributed by atoms with Crippen molar-refractivity contribution < 1.29 is 9.59 Å². The quantitative estimate of drug-likeness (QED) is 0.862. The lowest BCUT2D eigenvalue weighted by Gasteiger charge is -2.32. The average molecular weight is 372 g/mol. The van der Waals surface area contributed by atoms with E-state index < -0.39 is 0 Å². The lowest BCUT2D eigenvalue weighted by Crippen LogP contribution is -2.47. The molecule has 1 aromatic rings. The molecule has 2 amide bonds. The highest BCUT2D eigenvalue weighted by atomic mass is 35.5. The number of nitrogens with zero attached hydrogens (tertiary/aromatic N) is 2. The zero-order chi connectivity index (χ0) is 17.7. The molecular weight excluding hydrogens is 349 g/mol. The largest absolute Gasteiger partial charge is 0.353 e. The SMILES string of the molecule is CN(C)C(=O)CN1CCC(NC(=O)Cc2ccc(Cl)c(Cl)c2)CC1. The van der Waals surface area contributed by atoms with Gasteiger partial charge in [-0.05, 0) is 30.5 Å². The highest BCUT2D eigenvalue weighted by Gasteiger charge is 2.22. The van der Waals surface area contributed by atoms with Crippen LogP contribution in [0.15, 0.2) is 18.2 Å². The molecule has 2 rings (SSSR count). The lowest BCUT2D eigenvalue weighted by atomic mass is 10.0. The monoisotopic (exact) mass is 371 g/mol. The predicted octanol–water partition coefficient (Wildman–Crippen LogP) is 2.20. The topological polar surface area (TPSA) is 52.7 Å². The molecule has 132 valence electrons. The Morgan fingerprint density at radius 2 is 1.88 bits per heavy atom. The number of likely N-dealkylation sites (tertiary alicyclic amines) is 1. The first kappa shape index (κ1) is 19.0. The minimum atomic E-state index is -0.0174. The number of piperidine rings is 1. The molecule has 7 heteroatoms. The first-order chi connectivity index (χ1) is 11.3. The molecule has 0 spiro atoms. The first-order valence-corrected chi connectivity index (χ1v) is 8.76. The Hall–Kier alpha value is -1.30. The third kappa shape index (κ3) is 5.65. The van der Waals surface area contributed by atoms with E-state index in [2.05, 4.69) is 10.2 Å². The van der Waals surface area contributed by atoms with Gasteiger partial charge in [-0.15, -0.1) is 0 Å². The molecule has 0 aliphatic carbocycles. The Labute approximate surface area is 152 Å². The highest BCUT2D eigenvalue weighted by molar-refractivity contribution is 6.42. The maximum atomic E-state index is 12.2. The van der Waals surface area contributed by atoms with Crippen molar-refractivity contribution in [3.8, 4) is 0 Å².